The Bertz CT molecular complexity index is 866. The molecule has 0 saturated carbocycles. The van der Waals surface area contributed by atoms with Crippen LogP contribution < -0.4 is 10.2 Å². The third-order valence-corrected chi connectivity index (χ3v) is 3.68. The summed E-state index contributed by atoms with van der Waals surface area (Å²) in [6.45, 7) is 1.56. The van der Waals surface area contributed by atoms with E-state index in [0.717, 1.165) is 10.4 Å². The molecular formula is C16H14ClFN4O2. The quantitative estimate of drug-likeness (QED) is 0.769. The Hall–Kier alpha value is -2.67. The molecule has 6 nitrogen and oxygen atoms in total. The highest BCUT2D eigenvalue weighted by Gasteiger charge is 2.12. The summed E-state index contributed by atoms with van der Waals surface area (Å²) in [5.41, 5.74) is 1.98. The van der Waals surface area contributed by atoms with Crippen molar-refractivity contribution in [2.24, 2.45) is 0 Å². The molecule has 1 atom stereocenters. The van der Waals surface area contributed by atoms with Crippen LogP contribution in [0.25, 0.3) is 11.0 Å². The Balaban J connectivity index is 1.60. The largest absolute Gasteiger partial charge is 0.385 e. The van der Waals surface area contributed by atoms with Crippen molar-refractivity contribution in [2.45, 2.75) is 13.0 Å². The second-order valence-electron chi connectivity index (χ2n) is 5.21. The van der Waals surface area contributed by atoms with Gasteiger partial charge in [0.1, 0.15) is 16.9 Å². The Morgan fingerprint density at radius 2 is 2.08 bits per heavy atom. The maximum absolute atomic E-state index is 12.9. The van der Waals surface area contributed by atoms with Gasteiger partial charge in [0.2, 0.25) is 0 Å². The second kappa shape index (κ2) is 6.84. The van der Waals surface area contributed by atoms with E-state index < -0.39 is 0 Å². The molecular weight excluding hydrogens is 335 g/mol. The van der Waals surface area contributed by atoms with Gasteiger partial charge >= 0.3 is 0 Å². The van der Waals surface area contributed by atoms with E-state index in [2.05, 4.69) is 15.6 Å². The number of hydrogen-bond acceptors (Lipinski definition) is 4. The van der Waals surface area contributed by atoms with Crippen LogP contribution in [0.3, 0.4) is 0 Å². The van der Waals surface area contributed by atoms with Gasteiger partial charge in [0, 0.05) is 5.02 Å². The van der Waals surface area contributed by atoms with Gasteiger partial charge in [0.05, 0.1) is 6.04 Å². The normalized spacial score (nSPS) is 12.1. The highest BCUT2D eigenvalue weighted by atomic mass is 35.5. The fourth-order valence-corrected chi connectivity index (χ4v) is 2.37. The number of rotatable bonds is 5. The Morgan fingerprint density at radius 1 is 1.33 bits per heavy atom. The molecule has 0 radical (unpaired) electrons. The van der Waals surface area contributed by atoms with Crippen LogP contribution >= 0.6 is 11.6 Å². The highest BCUT2D eigenvalue weighted by molar-refractivity contribution is 6.31. The van der Waals surface area contributed by atoms with Crippen molar-refractivity contribution in [1.82, 2.24) is 20.5 Å². The zero-order valence-corrected chi connectivity index (χ0v) is 13.5. The molecule has 2 aromatic carbocycles. The van der Waals surface area contributed by atoms with E-state index in [4.69, 9.17) is 16.4 Å². The molecule has 1 N–H and O–H groups in total. The summed E-state index contributed by atoms with van der Waals surface area (Å²) in [5, 5.41) is 11.0. The predicted octanol–water partition coefficient (Wildman–Crippen LogP) is 2.53. The first-order valence-electron chi connectivity index (χ1n) is 7.22. The standard InChI is InChI=1S/C16H14ClFN4O2/c1-10(11-2-5-13(18)6-3-11)19-16(23)9-24-22-15-8-12(17)4-7-14(15)20-21-22/h2-8,10H,9H2,1H3,(H,19,23)/t10-/m0/s1. The summed E-state index contributed by atoms with van der Waals surface area (Å²) in [6.07, 6.45) is 0. The van der Waals surface area contributed by atoms with Gasteiger partial charge in [0.25, 0.3) is 5.91 Å². The van der Waals surface area contributed by atoms with Crippen molar-refractivity contribution in [3.63, 3.8) is 0 Å². The molecule has 0 aliphatic heterocycles. The lowest BCUT2D eigenvalue weighted by Gasteiger charge is -2.14. The van der Waals surface area contributed by atoms with E-state index in [-0.39, 0.29) is 24.4 Å². The number of fused-ring (bicyclic) bond motifs is 1. The van der Waals surface area contributed by atoms with Crippen LogP contribution in [-0.2, 0) is 4.79 Å². The summed E-state index contributed by atoms with van der Waals surface area (Å²) in [7, 11) is 0. The minimum atomic E-state index is -0.336. The number of hydrogen-bond donors (Lipinski definition) is 1. The SMILES string of the molecule is C[C@H](NC(=O)COn1nnc2ccc(Cl)cc21)c1ccc(F)cc1. The van der Waals surface area contributed by atoms with Gasteiger partial charge in [-0.15, -0.1) is 5.10 Å². The monoisotopic (exact) mass is 348 g/mol. The summed E-state index contributed by atoms with van der Waals surface area (Å²) >= 11 is 5.93. The number of benzene rings is 2. The first kappa shape index (κ1) is 16.2. The first-order chi connectivity index (χ1) is 11.5. The number of carbonyl (C=O) groups is 1. The number of amides is 1. The zero-order valence-electron chi connectivity index (χ0n) is 12.7. The summed E-state index contributed by atoms with van der Waals surface area (Å²) in [6, 6.07) is 10.7. The van der Waals surface area contributed by atoms with E-state index in [0.29, 0.717) is 16.1 Å². The molecule has 0 saturated heterocycles. The molecule has 0 fully saturated rings. The van der Waals surface area contributed by atoms with Crippen molar-refractivity contribution in [3.05, 3.63) is 58.9 Å². The molecule has 0 spiro atoms. The van der Waals surface area contributed by atoms with Crippen molar-refractivity contribution in [2.75, 3.05) is 6.61 Å². The van der Waals surface area contributed by atoms with Crippen LogP contribution in [0, 0.1) is 5.82 Å². The molecule has 24 heavy (non-hydrogen) atoms. The molecule has 3 rings (SSSR count). The minimum Gasteiger partial charge on any atom is -0.385 e. The third kappa shape index (κ3) is 3.62. The lowest BCUT2D eigenvalue weighted by atomic mass is 10.1. The number of halogens is 2. The molecule has 1 aromatic heterocycles. The van der Waals surface area contributed by atoms with Crippen LogP contribution in [0.2, 0.25) is 5.02 Å². The summed E-state index contributed by atoms with van der Waals surface area (Å²) < 4.78 is 12.9. The minimum absolute atomic E-state index is 0.240. The molecule has 0 bridgehead atoms. The molecule has 124 valence electrons. The fraction of sp³-hybridized carbons (Fsp3) is 0.188. The maximum atomic E-state index is 12.9. The van der Waals surface area contributed by atoms with Crippen molar-refractivity contribution >= 4 is 28.5 Å². The van der Waals surface area contributed by atoms with Crippen molar-refractivity contribution < 1.29 is 14.0 Å². The lowest BCUT2D eigenvalue weighted by Crippen LogP contribution is -2.33. The number of nitrogens with one attached hydrogen (secondary N) is 1. The fourth-order valence-electron chi connectivity index (χ4n) is 2.20. The molecule has 1 heterocycles. The van der Waals surface area contributed by atoms with Crippen LogP contribution in [0.15, 0.2) is 42.5 Å². The molecule has 1 amide bonds. The van der Waals surface area contributed by atoms with Gasteiger partial charge in [-0.25, -0.2) is 4.39 Å². The molecule has 0 unspecified atom stereocenters. The van der Waals surface area contributed by atoms with E-state index in [1.807, 2.05) is 0 Å². The molecule has 0 aliphatic rings. The number of aromatic nitrogens is 3. The van der Waals surface area contributed by atoms with Gasteiger partial charge in [-0.05, 0) is 48.0 Å². The second-order valence-corrected chi connectivity index (χ2v) is 5.65. The van der Waals surface area contributed by atoms with Gasteiger partial charge in [-0.1, -0.05) is 28.6 Å². The molecule has 0 aliphatic carbocycles. The first-order valence-corrected chi connectivity index (χ1v) is 7.60. The Kier molecular flexibility index (Phi) is 4.61. The Morgan fingerprint density at radius 3 is 2.83 bits per heavy atom. The van der Waals surface area contributed by atoms with Gasteiger partial charge in [-0.2, -0.15) is 0 Å². The molecule has 8 heteroatoms. The average molecular weight is 349 g/mol. The topological polar surface area (TPSA) is 69.0 Å². The van der Waals surface area contributed by atoms with Gasteiger partial charge < -0.3 is 10.2 Å². The Labute approximate surface area is 142 Å². The summed E-state index contributed by atoms with van der Waals surface area (Å²) in [4.78, 5) is 18.5. The summed E-state index contributed by atoms with van der Waals surface area (Å²) in [5.74, 6) is -0.658. The van der Waals surface area contributed by atoms with E-state index in [9.17, 15) is 9.18 Å². The average Bonchev–Trinajstić information content (AvgIpc) is 2.95. The third-order valence-electron chi connectivity index (χ3n) is 3.44. The van der Waals surface area contributed by atoms with Crippen molar-refractivity contribution in [1.29, 1.82) is 0 Å². The van der Waals surface area contributed by atoms with E-state index in [1.165, 1.54) is 12.1 Å². The maximum Gasteiger partial charge on any atom is 0.261 e. The van der Waals surface area contributed by atoms with Gasteiger partial charge in [-0.3, -0.25) is 4.79 Å². The predicted molar refractivity (Wildman–Crippen MR) is 86.9 cm³/mol. The molecule has 3 aromatic rings. The van der Waals surface area contributed by atoms with E-state index >= 15 is 0 Å². The van der Waals surface area contributed by atoms with Crippen molar-refractivity contribution in [3.8, 4) is 0 Å². The van der Waals surface area contributed by atoms with E-state index in [1.54, 1.807) is 37.3 Å². The van der Waals surface area contributed by atoms with Crippen LogP contribution in [0.4, 0.5) is 4.39 Å². The number of nitrogens with zero attached hydrogens (tertiary/aromatic N) is 3. The zero-order chi connectivity index (χ0) is 17.1. The van der Waals surface area contributed by atoms with Crippen LogP contribution in [0.1, 0.15) is 18.5 Å². The van der Waals surface area contributed by atoms with Gasteiger partial charge in [0.15, 0.2) is 6.61 Å². The lowest BCUT2D eigenvalue weighted by molar-refractivity contribution is -0.127. The van der Waals surface area contributed by atoms with Crippen LogP contribution in [0.5, 0.6) is 0 Å². The highest BCUT2D eigenvalue weighted by Crippen LogP contribution is 2.16. The smallest absolute Gasteiger partial charge is 0.261 e. The van der Waals surface area contributed by atoms with Crippen LogP contribution in [-0.4, -0.2) is 27.7 Å². The number of carbonyl (C=O) groups excluding carboxylic acids is 1.